The highest BCUT2D eigenvalue weighted by Crippen LogP contribution is 2.34. The lowest BCUT2D eigenvalue weighted by molar-refractivity contribution is -0.136. The molecule has 0 aromatic heterocycles. The van der Waals surface area contributed by atoms with Crippen LogP contribution in [0.15, 0.2) is 58.8 Å². The van der Waals surface area contributed by atoms with Crippen LogP contribution in [0.25, 0.3) is 0 Å². The first-order valence-corrected chi connectivity index (χ1v) is 10.8. The van der Waals surface area contributed by atoms with Crippen LogP contribution in [0.2, 0.25) is 0 Å². The number of hydrogen-bond acceptors (Lipinski definition) is 9. The number of aliphatic hydroxyl groups excluding tert-OH is 1. The number of esters is 1. The van der Waals surface area contributed by atoms with Gasteiger partial charge in [0.1, 0.15) is 12.4 Å². The average Bonchev–Trinajstić information content (AvgIpc) is 2.83. The molecule has 0 bridgehead atoms. The van der Waals surface area contributed by atoms with Crippen LogP contribution in [0.5, 0.6) is 17.2 Å². The molecule has 0 radical (unpaired) electrons. The summed E-state index contributed by atoms with van der Waals surface area (Å²) >= 11 is 0. The van der Waals surface area contributed by atoms with E-state index in [1.165, 1.54) is 25.5 Å². The van der Waals surface area contributed by atoms with Crippen LogP contribution in [0.4, 0.5) is 4.79 Å². The molecule has 11 heteroatoms. The van der Waals surface area contributed by atoms with E-state index in [2.05, 4.69) is 21.2 Å². The van der Waals surface area contributed by atoms with Crippen LogP contribution in [-0.2, 0) is 9.53 Å². The molecule has 0 unspecified atom stereocenters. The highest BCUT2D eigenvalue weighted by atomic mass is 16.5. The van der Waals surface area contributed by atoms with Crippen LogP contribution >= 0.6 is 0 Å². The van der Waals surface area contributed by atoms with Gasteiger partial charge in [-0.25, -0.2) is 9.59 Å². The van der Waals surface area contributed by atoms with Gasteiger partial charge in [0.25, 0.3) is 0 Å². The fourth-order valence-electron chi connectivity index (χ4n) is 3.38. The van der Waals surface area contributed by atoms with Crippen molar-refractivity contribution >= 4 is 18.2 Å². The molecule has 0 spiro atoms. The molecule has 3 rings (SSSR count). The van der Waals surface area contributed by atoms with Crippen LogP contribution in [0.3, 0.4) is 0 Å². The van der Waals surface area contributed by atoms with Gasteiger partial charge in [-0.2, -0.15) is 5.10 Å². The van der Waals surface area contributed by atoms with Gasteiger partial charge in [0.05, 0.1) is 31.5 Å². The number of nitrogens with one attached hydrogen (secondary N) is 3. The molecule has 0 saturated carbocycles. The van der Waals surface area contributed by atoms with Crippen LogP contribution in [0, 0.1) is 0 Å². The number of benzene rings is 2. The number of phenols is 1. The van der Waals surface area contributed by atoms with Gasteiger partial charge < -0.3 is 35.1 Å². The summed E-state index contributed by atoms with van der Waals surface area (Å²) in [5, 5.41) is 28.7. The van der Waals surface area contributed by atoms with E-state index in [1.807, 2.05) is 0 Å². The zero-order chi connectivity index (χ0) is 25.4. The summed E-state index contributed by atoms with van der Waals surface area (Å²) in [5.41, 5.74) is 4.54. The van der Waals surface area contributed by atoms with Gasteiger partial charge in [-0.15, -0.1) is 0 Å². The normalized spacial score (nSPS) is 16.3. The predicted octanol–water partition coefficient (Wildman–Crippen LogP) is 1.91. The van der Waals surface area contributed by atoms with Crippen molar-refractivity contribution in [2.75, 3.05) is 20.3 Å². The third-order valence-corrected chi connectivity index (χ3v) is 5.00. The number of aromatic hydroxyl groups is 1. The molecule has 1 aliphatic heterocycles. The standard InChI is InChI=1S/C24H28N4O7/c1-4-34-19-11-16(22-21(23(31)33-3)14(2)26-24(32)27-22)7-10-18(19)35-13-20(30)28-25-12-15-5-8-17(29)9-6-15/h5-12,20,22,28-30H,4,13H2,1-3H3,(H2,26,27,32)/b25-12-/t20-,22-/m0/s1. The Labute approximate surface area is 202 Å². The van der Waals surface area contributed by atoms with Crippen LogP contribution in [-0.4, -0.2) is 55.0 Å². The zero-order valence-electron chi connectivity index (χ0n) is 19.6. The average molecular weight is 485 g/mol. The highest BCUT2D eigenvalue weighted by Gasteiger charge is 2.32. The first kappa shape index (κ1) is 25.4. The Hall–Kier alpha value is -4.25. The Morgan fingerprint density at radius 1 is 1.20 bits per heavy atom. The third kappa shape index (κ3) is 6.64. The predicted molar refractivity (Wildman–Crippen MR) is 127 cm³/mol. The molecule has 2 aromatic carbocycles. The van der Waals surface area contributed by atoms with Gasteiger partial charge in [-0.1, -0.05) is 6.07 Å². The second kappa shape index (κ2) is 11.7. The van der Waals surface area contributed by atoms with Crippen molar-refractivity contribution < 1.29 is 34.0 Å². The molecular formula is C24H28N4O7. The van der Waals surface area contributed by atoms with E-state index in [0.29, 0.717) is 29.4 Å². The summed E-state index contributed by atoms with van der Waals surface area (Å²) in [6.45, 7) is 3.64. The summed E-state index contributed by atoms with van der Waals surface area (Å²) < 4.78 is 16.3. The smallest absolute Gasteiger partial charge is 0.337 e. The first-order chi connectivity index (χ1) is 16.8. The lowest BCUT2D eigenvalue weighted by Crippen LogP contribution is -2.45. The molecule has 5 N–H and O–H groups in total. The number of carbonyl (C=O) groups excluding carboxylic acids is 2. The highest BCUT2D eigenvalue weighted by molar-refractivity contribution is 5.95. The quantitative estimate of drug-likeness (QED) is 0.149. The minimum Gasteiger partial charge on any atom is -0.508 e. The molecule has 186 valence electrons. The first-order valence-electron chi connectivity index (χ1n) is 10.8. The van der Waals surface area contributed by atoms with Crippen molar-refractivity contribution in [3.05, 3.63) is 64.9 Å². The number of ether oxygens (including phenoxy) is 3. The van der Waals surface area contributed by atoms with Crippen molar-refractivity contribution in [1.29, 1.82) is 0 Å². The van der Waals surface area contributed by atoms with Gasteiger partial charge >= 0.3 is 12.0 Å². The molecule has 11 nitrogen and oxygen atoms in total. The van der Waals surface area contributed by atoms with E-state index < -0.39 is 24.3 Å². The summed E-state index contributed by atoms with van der Waals surface area (Å²) in [5.74, 6) is 0.314. The van der Waals surface area contributed by atoms with Gasteiger partial charge in [-0.3, -0.25) is 5.43 Å². The summed E-state index contributed by atoms with van der Waals surface area (Å²) in [6.07, 6.45) is 0.378. The maximum absolute atomic E-state index is 12.3. The Balaban J connectivity index is 1.71. The van der Waals surface area contributed by atoms with Crippen LogP contribution in [0.1, 0.15) is 31.0 Å². The number of rotatable bonds is 10. The molecule has 0 aliphatic carbocycles. The molecule has 35 heavy (non-hydrogen) atoms. The second-order valence-corrected chi connectivity index (χ2v) is 7.51. The van der Waals surface area contributed by atoms with Crippen molar-refractivity contribution in [3.8, 4) is 17.2 Å². The van der Waals surface area contributed by atoms with Crippen molar-refractivity contribution in [3.63, 3.8) is 0 Å². The molecular weight excluding hydrogens is 456 g/mol. The number of hydrogen-bond donors (Lipinski definition) is 5. The maximum atomic E-state index is 12.3. The van der Waals surface area contributed by atoms with Gasteiger partial charge in [0.15, 0.2) is 17.7 Å². The second-order valence-electron chi connectivity index (χ2n) is 7.51. The number of aliphatic hydroxyl groups is 1. The molecule has 1 aliphatic rings. The van der Waals surface area contributed by atoms with Gasteiger partial charge in [0, 0.05) is 5.70 Å². The molecule has 2 aromatic rings. The Kier molecular flexibility index (Phi) is 8.52. The van der Waals surface area contributed by atoms with Gasteiger partial charge in [-0.05, 0) is 61.4 Å². The van der Waals surface area contributed by atoms with E-state index in [9.17, 15) is 19.8 Å². The number of urea groups is 1. The molecule has 0 fully saturated rings. The molecule has 0 saturated heterocycles. The fraction of sp³-hybridized carbons (Fsp3) is 0.292. The zero-order valence-corrected chi connectivity index (χ0v) is 19.6. The number of hydrazone groups is 1. The summed E-state index contributed by atoms with van der Waals surface area (Å²) in [4.78, 5) is 24.4. The van der Waals surface area contributed by atoms with E-state index in [0.717, 1.165) is 5.56 Å². The topological polar surface area (TPSA) is 151 Å². The third-order valence-electron chi connectivity index (χ3n) is 5.00. The van der Waals surface area contributed by atoms with Crippen molar-refractivity contribution in [1.82, 2.24) is 16.1 Å². The molecule has 2 amide bonds. The Morgan fingerprint density at radius 3 is 2.63 bits per heavy atom. The maximum Gasteiger partial charge on any atom is 0.337 e. The SMILES string of the molecule is CCOc1cc([C@@H]2NC(=O)NC(C)=C2C(=O)OC)ccc1OC[C@H](O)N/N=C\c1ccc(O)cc1. The van der Waals surface area contributed by atoms with Gasteiger partial charge in [0.2, 0.25) is 0 Å². The lowest BCUT2D eigenvalue weighted by atomic mass is 9.95. The van der Waals surface area contributed by atoms with Crippen molar-refractivity contribution in [2.24, 2.45) is 5.10 Å². The number of methoxy groups -OCH3 is 1. The molecule has 2 atom stereocenters. The number of carbonyl (C=O) groups is 2. The van der Waals surface area contributed by atoms with E-state index in [4.69, 9.17) is 14.2 Å². The largest absolute Gasteiger partial charge is 0.508 e. The minimum atomic E-state index is -1.11. The number of nitrogens with zero attached hydrogens (tertiary/aromatic N) is 1. The summed E-state index contributed by atoms with van der Waals surface area (Å²) in [6, 6.07) is 10.2. The van der Waals surface area contributed by atoms with Crippen molar-refractivity contribution in [2.45, 2.75) is 26.1 Å². The minimum absolute atomic E-state index is 0.136. The van der Waals surface area contributed by atoms with E-state index in [-0.39, 0.29) is 17.9 Å². The molecule has 1 heterocycles. The van der Waals surface area contributed by atoms with E-state index >= 15 is 0 Å². The Bertz CT molecular complexity index is 1120. The van der Waals surface area contributed by atoms with Crippen LogP contribution < -0.4 is 25.5 Å². The number of phenolic OH excluding ortho intramolecular Hbond substituents is 1. The van der Waals surface area contributed by atoms with E-state index in [1.54, 1.807) is 44.2 Å². The number of allylic oxidation sites excluding steroid dienone is 1. The number of amides is 2. The monoisotopic (exact) mass is 484 g/mol. The fourth-order valence-corrected chi connectivity index (χ4v) is 3.38. The lowest BCUT2D eigenvalue weighted by Gasteiger charge is -2.28. The Morgan fingerprint density at radius 2 is 1.94 bits per heavy atom. The summed E-state index contributed by atoms with van der Waals surface area (Å²) in [7, 11) is 1.27.